The maximum atomic E-state index is 10.6. The van der Waals surface area contributed by atoms with E-state index >= 15 is 0 Å². The third-order valence-corrected chi connectivity index (χ3v) is 4.51. The average molecular weight is 378 g/mol. The summed E-state index contributed by atoms with van der Waals surface area (Å²) in [7, 11) is 0. The van der Waals surface area contributed by atoms with Gasteiger partial charge in [0, 0.05) is 10.8 Å². The maximum absolute atomic E-state index is 10.6. The van der Waals surface area contributed by atoms with Crippen molar-refractivity contribution in [2.75, 3.05) is 0 Å². The first-order valence-corrected chi connectivity index (χ1v) is 8.48. The molecule has 0 amide bonds. The molecule has 3 aromatic rings. The molecule has 0 fully saturated rings. The number of aryl methyl sites for hydroxylation is 1. The van der Waals surface area contributed by atoms with Crippen molar-refractivity contribution < 1.29 is 9.34 Å². The number of halogens is 1. The van der Waals surface area contributed by atoms with Gasteiger partial charge in [-0.2, -0.15) is 9.78 Å². The zero-order chi connectivity index (χ0) is 17.8. The van der Waals surface area contributed by atoms with Gasteiger partial charge in [-0.05, 0) is 24.6 Å². The fourth-order valence-corrected chi connectivity index (χ4v) is 3.16. The molecule has 0 spiro atoms. The van der Waals surface area contributed by atoms with Crippen LogP contribution in [0.2, 0.25) is 5.02 Å². The zero-order valence-electron chi connectivity index (χ0n) is 13.0. The van der Waals surface area contributed by atoms with Crippen LogP contribution in [0.1, 0.15) is 17.1 Å². The van der Waals surface area contributed by atoms with Gasteiger partial charge in [-0.15, -0.1) is 10.2 Å². The van der Waals surface area contributed by atoms with Crippen molar-refractivity contribution in [3.05, 3.63) is 68.7 Å². The second-order valence-corrected chi connectivity index (χ2v) is 6.25. The van der Waals surface area contributed by atoms with Crippen molar-refractivity contribution in [3.63, 3.8) is 0 Å². The predicted molar refractivity (Wildman–Crippen MR) is 94.1 cm³/mol. The van der Waals surface area contributed by atoms with Gasteiger partial charge in [0.2, 0.25) is 5.16 Å². The molecule has 2 aromatic heterocycles. The first-order chi connectivity index (χ1) is 12.0. The van der Waals surface area contributed by atoms with Crippen LogP contribution in [0.15, 0.2) is 51.1 Å². The Morgan fingerprint density at radius 2 is 2.16 bits per heavy atom. The highest BCUT2D eigenvalue weighted by atomic mass is 35.5. The minimum Gasteiger partial charge on any atom is -0.400 e. The number of benzene rings is 1. The summed E-state index contributed by atoms with van der Waals surface area (Å²) in [5, 5.41) is 24.2. The lowest BCUT2D eigenvalue weighted by atomic mass is 10.2. The first-order valence-electron chi connectivity index (χ1n) is 7.11. The van der Waals surface area contributed by atoms with Gasteiger partial charge in [0.1, 0.15) is 4.92 Å². The quantitative estimate of drug-likeness (QED) is 0.279. The molecule has 10 heteroatoms. The largest absolute Gasteiger partial charge is 0.433 e. The van der Waals surface area contributed by atoms with Crippen LogP contribution in [-0.2, 0) is 5.75 Å². The molecule has 25 heavy (non-hydrogen) atoms. The molecule has 0 saturated heterocycles. The number of rotatable bonds is 6. The predicted octanol–water partition coefficient (Wildman–Crippen LogP) is 3.92. The summed E-state index contributed by atoms with van der Waals surface area (Å²) in [6.07, 6.45) is 1.38. The highest BCUT2D eigenvalue weighted by molar-refractivity contribution is 7.98. The highest BCUT2D eigenvalue weighted by Crippen LogP contribution is 2.26. The minimum absolute atomic E-state index is 0.266. The molecule has 3 rings (SSSR count). The zero-order valence-corrected chi connectivity index (χ0v) is 14.6. The summed E-state index contributed by atoms with van der Waals surface area (Å²) in [5.41, 5.74) is 0.979. The third-order valence-electron chi connectivity index (χ3n) is 3.18. The Bertz CT molecular complexity index is 937. The second kappa shape index (κ2) is 7.49. The summed E-state index contributed by atoms with van der Waals surface area (Å²) in [6.45, 7) is 1.76. The van der Waals surface area contributed by atoms with Crippen molar-refractivity contribution in [3.8, 4) is 0 Å². The van der Waals surface area contributed by atoms with Crippen LogP contribution in [-0.4, -0.2) is 26.0 Å². The molecule has 1 aromatic carbocycles. The summed E-state index contributed by atoms with van der Waals surface area (Å²) >= 11 is 7.58. The van der Waals surface area contributed by atoms with E-state index in [1.54, 1.807) is 6.92 Å². The van der Waals surface area contributed by atoms with Gasteiger partial charge >= 0.3 is 5.88 Å². The van der Waals surface area contributed by atoms with Crippen LogP contribution in [0.4, 0.5) is 5.88 Å². The average Bonchev–Trinajstić information content (AvgIpc) is 3.19. The summed E-state index contributed by atoms with van der Waals surface area (Å²) in [5.74, 6) is 1.12. The number of hydrogen-bond acceptors (Lipinski definition) is 7. The van der Waals surface area contributed by atoms with Crippen LogP contribution >= 0.6 is 23.4 Å². The number of aromatic nitrogens is 3. The molecule has 0 aliphatic rings. The third kappa shape index (κ3) is 4.06. The molecule has 0 radical (unpaired) electrons. The Morgan fingerprint density at radius 1 is 1.36 bits per heavy atom. The van der Waals surface area contributed by atoms with Gasteiger partial charge in [0.05, 0.1) is 12.3 Å². The molecule has 0 aliphatic heterocycles. The number of nitro groups is 1. The number of furan rings is 1. The lowest BCUT2D eigenvalue weighted by Crippen LogP contribution is -1.96. The van der Waals surface area contributed by atoms with E-state index in [0.29, 0.717) is 21.8 Å². The second-order valence-electron chi connectivity index (χ2n) is 4.90. The van der Waals surface area contributed by atoms with Gasteiger partial charge in [0.25, 0.3) is 0 Å². The van der Waals surface area contributed by atoms with E-state index in [0.717, 1.165) is 5.56 Å². The molecule has 0 unspecified atom stereocenters. The van der Waals surface area contributed by atoms with Gasteiger partial charge in [0.15, 0.2) is 11.6 Å². The van der Waals surface area contributed by atoms with E-state index in [1.165, 1.54) is 34.8 Å². The fourth-order valence-electron chi connectivity index (χ4n) is 1.94. The van der Waals surface area contributed by atoms with E-state index in [4.69, 9.17) is 16.0 Å². The molecule has 0 aliphatic carbocycles. The van der Waals surface area contributed by atoms with Gasteiger partial charge in [-0.25, -0.2) is 0 Å². The molecule has 0 N–H and O–H groups in total. The van der Waals surface area contributed by atoms with Gasteiger partial charge < -0.3 is 4.42 Å². The van der Waals surface area contributed by atoms with E-state index in [9.17, 15) is 10.1 Å². The normalized spacial score (nSPS) is 11.3. The maximum Gasteiger partial charge on any atom is 0.433 e. The Kier molecular flexibility index (Phi) is 5.15. The molecule has 2 heterocycles. The highest BCUT2D eigenvalue weighted by Gasteiger charge is 2.12. The van der Waals surface area contributed by atoms with Crippen molar-refractivity contribution >= 4 is 35.5 Å². The summed E-state index contributed by atoms with van der Waals surface area (Å²) in [4.78, 5) is 10.0. The fraction of sp³-hybridized carbons (Fsp3) is 0.133. The smallest absolute Gasteiger partial charge is 0.400 e. The molecule has 128 valence electrons. The summed E-state index contributed by atoms with van der Waals surface area (Å²) < 4.78 is 6.58. The van der Waals surface area contributed by atoms with Gasteiger partial charge in [-0.1, -0.05) is 41.6 Å². The Balaban J connectivity index is 1.76. The Hall–Kier alpha value is -2.65. The van der Waals surface area contributed by atoms with Crippen LogP contribution in [0, 0.1) is 17.0 Å². The van der Waals surface area contributed by atoms with Crippen molar-refractivity contribution in [1.29, 1.82) is 0 Å². The molecule has 0 atom stereocenters. The number of hydrogen-bond donors (Lipinski definition) is 0. The molecular weight excluding hydrogens is 366 g/mol. The molecule has 0 bridgehead atoms. The monoisotopic (exact) mass is 377 g/mol. The Labute approximate surface area is 151 Å². The van der Waals surface area contributed by atoms with Crippen LogP contribution in [0.5, 0.6) is 0 Å². The van der Waals surface area contributed by atoms with Crippen molar-refractivity contribution in [1.82, 2.24) is 14.9 Å². The van der Waals surface area contributed by atoms with E-state index in [-0.39, 0.29) is 11.6 Å². The van der Waals surface area contributed by atoms with E-state index in [1.807, 2.05) is 24.3 Å². The standard InChI is InChI=1S/C15H12ClN5O3S/c1-10-18-19-15(25-9-11-4-2-3-5-13(11)16)20(10)17-8-12-6-7-14(24-12)21(22)23/h2-8H,9H2,1H3/b17-8-. The molecule has 0 saturated carbocycles. The SMILES string of the molecule is Cc1nnc(SCc2ccccc2Cl)n1/N=C\c1ccc([N+](=O)[O-])o1. The van der Waals surface area contributed by atoms with Crippen LogP contribution in [0.3, 0.4) is 0 Å². The lowest BCUT2D eigenvalue weighted by Gasteiger charge is -2.03. The Morgan fingerprint density at radius 3 is 2.88 bits per heavy atom. The molecule has 8 nitrogen and oxygen atoms in total. The van der Waals surface area contributed by atoms with Crippen LogP contribution < -0.4 is 0 Å². The van der Waals surface area contributed by atoms with Crippen molar-refractivity contribution in [2.45, 2.75) is 17.8 Å². The van der Waals surface area contributed by atoms with E-state index < -0.39 is 4.92 Å². The first kappa shape index (κ1) is 17.2. The van der Waals surface area contributed by atoms with Crippen molar-refractivity contribution in [2.24, 2.45) is 5.10 Å². The number of thioether (sulfide) groups is 1. The summed E-state index contributed by atoms with van der Waals surface area (Å²) in [6, 6.07) is 10.3. The van der Waals surface area contributed by atoms with Crippen LogP contribution in [0.25, 0.3) is 0 Å². The number of nitrogens with zero attached hydrogens (tertiary/aromatic N) is 5. The van der Waals surface area contributed by atoms with E-state index in [2.05, 4.69) is 15.3 Å². The minimum atomic E-state index is -0.605. The van der Waals surface area contributed by atoms with Gasteiger partial charge in [-0.3, -0.25) is 10.1 Å². The lowest BCUT2D eigenvalue weighted by molar-refractivity contribution is -0.402. The molecular formula is C15H12ClN5O3S. The topological polar surface area (TPSA) is 99.3 Å².